The van der Waals surface area contributed by atoms with Crippen LogP contribution in [0.4, 0.5) is 0 Å². The van der Waals surface area contributed by atoms with Gasteiger partial charge >= 0.3 is 0 Å². The maximum atomic E-state index is 11.5. The van der Waals surface area contributed by atoms with Gasteiger partial charge in [-0.25, -0.2) is 0 Å². The first-order valence-electron chi connectivity index (χ1n) is 5.74. The largest absolute Gasteiger partial charge is 0.465 e. The summed E-state index contributed by atoms with van der Waals surface area (Å²) in [7, 11) is 0. The van der Waals surface area contributed by atoms with E-state index in [2.05, 4.69) is 5.32 Å². The van der Waals surface area contributed by atoms with Crippen molar-refractivity contribution < 1.29 is 14.3 Å². The Hall–Kier alpha value is -1.20. The SMILES string of the molecule is CSCCC(C)(O)CNC(=O)C=Cc1ccco1. The van der Waals surface area contributed by atoms with E-state index in [1.165, 1.54) is 6.08 Å². The first kappa shape index (κ1) is 14.9. The maximum absolute atomic E-state index is 11.5. The van der Waals surface area contributed by atoms with Crippen LogP contribution < -0.4 is 5.32 Å². The summed E-state index contributed by atoms with van der Waals surface area (Å²) in [6.45, 7) is 1.97. The molecule has 2 N–H and O–H groups in total. The lowest BCUT2D eigenvalue weighted by atomic mass is 10.0. The first-order chi connectivity index (χ1) is 8.53. The van der Waals surface area contributed by atoms with Gasteiger partial charge in [0.15, 0.2) is 0 Å². The second-order valence-electron chi connectivity index (χ2n) is 4.31. The molecule has 0 saturated heterocycles. The van der Waals surface area contributed by atoms with E-state index in [9.17, 15) is 9.90 Å². The Kier molecular flexibility index (Phi) is 6.01. The molecule has 0 aliphatic carbocycles. The predicted octanol–water partition coefficient (Wildman–Crippen LogP) is 1.91. The van der Waals surface area contributed by atoms with E-state index >= 15 is 0 Å². The highest BCUT2D eigenvalue weighted by molar-refractivity contribution is 7.98. The van der Waals surface area contributed by atoms with E-state index in [4.69, 9.17) is 4.42 Å². The van der Waals surface area contributed by atoms with Crippen LogP contribution in [0, 0.1) is 0 Å². The van der Waals surface area contributed by atoms with Crippen molar-refractivity contribution in [2.75, 3.05) is 18.6 Å². The molecule has 0 aromatic carbocycles. The Morgan fingerprint density at radius 2 is 2.44 bits per heavy atom. The molecule has 1 aromatic heterocycles. The zero-order chi connectivity index (χ0) is 13.4. The number of furan rings is 1. The molecule has 100 valence electrons. The first-order valence-corrected chi connectivity index (χ1v) is 7.14. The number of carbonyl (C=O) groups is 1. The lowest BCUT2D eigenvalue weighted by molar-refractivity contribution is -0.117. The molecule has 4 nitrogen and oxygen atoms in total. The minimum Gasteiger partial charge on any atom is -0.465 e. The fourth-order valence-electron chi connectivity index (χ4n) is 1.29. The van der Waals surface area contributed by atoms with E-state index in [1.807, 2.05) is 6.26 Å². The molecular weight excluding hydrogens is 250 g/mol. The van der Waals surface area contributed by atoms with Gasteiger partial charge in [0.1, 0.15) is 5.76 Å². The summed E-state index contributed by atoms with van der Waals surface area (Å²) in [4.78, 5) is 11.5. The average Bonchev–Trinajstić information content (AvgIpc) is 2.84. The molecule has 1 atom stereocenters. The summed E-state index contributed by atoms with van der Waals surface area (Å²) in [6, 6.07) is 3.52. The van der Waals surface area contributed by atoms with Crippen LogP contribution in [0.15, 0.2) is 28.9 Å². The lowest BCUT2D eigenvalue weighted by Gasteiger charge is -2.22. The Balaban J connectivity index is 2.32. The lowest BCUT2D eigenvalue weighted by Crippen LogP contribution is -2.40. The normalized spacial score (nSPS) is 14.6. The molecule has 1 amide bonds. The standard InChI is InChI=1S/C13H19NO3S/c1-13(16,7-9-18-2)10-14-12(15)6-5-11-4-3-8-17-11/h3-6,8,16H,7,9-10H2,1-2H3,(H,14,15). The number of aliphatic hydroxyl groups is 1. The summed E-state index contributed by atoms with van der Waals surface area (Å²) in [5.41, 5.74) is -0.864. The number of nitrogens with one attached hydrogen (secondary N) is 1. The van der Waals surface area contributed by atoms with Gasteiger partial charge in [-0.3, -0.25) is 4.79 Å². The molecule has 0 saturated carbocycles. The summed E-state index contributed by atoms with van der Waals surface area (Å²) >= 11 is 1.67. The molecule has 5 heteroatoms. The van der Waals surface area contributed by atoms with E-state index < -0.39 is 5.60 Å². The molecule has 1 unspecified atom stereocenters. The van der Waals surface area contributed by atoms with Crippen molar-refractivity contribution in [3.05, 3.63) is 30.2 Å². The van der Waals surface area contributed by atoms with Gasteiger partial charge in [0.2, 0.25) is 5.91 Å². The Morgan fingerprint density at radius 3 is 3.06 bits per heavy atom. The van der Waals surface area contributed by atoms with Gasteiger partial charge in [0.05, 0.1) is 11.9 Å². The van der Waals surface area contributed by atoms with Gasteiger partial charge in [0, 0.05) is 12.6 Å². The molecule has 0 fully saturated rings. The minimum atomic E-state index is -0.864. The van der Waals surface area contributed by atoms with Gasteiger partial charge in [-0.2, -0.15) is 11.8 Å². The number of thioether (sulfide) groups is 1. The second kappa shape index (κ2) is 7.28. The third-order valence-corrected chi connectivity index (χ3v) is 3.04. The van der Waals surface area contributed by atoms with Crippen LogP contribution in [-0.2, 0) is 4.79 Å². The number of hydrogen-bond donors (Lipinski definition) is 2. The minimum absolute atomic E-state index is 0.240. The third kappa shape index (κ3) is 5.93. The fourth-order valence-corrected chi connectivity index (χ4v) is 1.93. The highest BCUT2D eigenvalue weighted by atomic mass is 32.2. The van der Waals surface area contributed by atoms with Crippen molar-refractivity contribution in [3.8, 4) is 0 Å². The van der Waals surface area contributed by atoms with E-state index in [0.717, 1.165) is 5.75 Å². The van der Waals surface area contributed by atoms with Crippen molar-refractivity contribution in [1.29, 1.82) is 0 Å². The number of hydrogen-bond acceptors (Lipinski definition) is 4. The van der Waals surface area contributed by atoms with Crippen LogP contribution in [-0.4, -0.2) is 35.2 Å². The van der Waals surface area contributed by atoms with Crippen LogP contribution in [0.2, 0.25) is 0 Å². The Morgan fingerprint density at radius 1 is 1.67 bits per heavy atom. The van der Waals surface area contributed by atoms with Gasteiger partial charge < -0.3 is 14.8 Å². The molecule has 18 heavy (non-hydrogen) atoms. The topological polar surface area (TPSA) is 62.5 Å². The van der Waals surface area contributed by atoms with Gasteiger partial charge in [-0.15, -0.1) is 0 Å². The average molecular weight is 269 g/mol. The van der Waals surface area contributed by atoms with Crippen molar-refractivity contribution >= 4 is 23.7 Å². The van der Waals surface area contributed by atoms with Crippen LogP contribution in [0.3, 0.4) is 0 Å². The van der Waals surface area contributed by atoms with Crippen LogP contribution in [0.1, 0.15) is 19.1 Å². The highest BCUT2D eigenvalue weighted by Crippen LogP contribution is 2.11. The zero-order valence-corrected chi connectivity index (χ0v) is 11.5. The smallest absolute Gasteiger partial charge is 0.244 e. The van der Waals surface area contributed by atoms with E-state index in [-0.39, 0.29) is 12.5 Å². The molecule has 0 aliphatic heterocycles. The van der Waals surface area contributed by atoms with Gasteiger partial charge in [0.25, 0.3) is 0 Å². The summed E-state index contributed by atoms with van der Waals surface area (Å²) in [5.74, 6) is 1.25. The monoisotopic (exact) mass is 269 g/mol. The second-order valence-corrected chi connectivity index (χ2v) is 5.29. The Labute approximate surface area is 111 Å². The molecule has 0 aliphatic rings. The molecule has 1 rings (SSSR count). The summed E-state index contributed by atoms with van der Waals surface area (Å²) < 4.78 is 5.06. The van der Waals surface area contributed by atoms with Crippen molar-refractivity contribution in [2.45, 2.75) is 18.9 Å². The number of carbonyl (C=O) groups excluding carboxylic acids is 1. The van der Waals surface area contributed by atoms with Crippen LogP contribution in [0.25, 0.3) is 6.08 Å². The Bertz CT molecular complexity index is 385. The number of amides is 1. The van der Waals surface area contributed by atoms with Crippen molar-refractivity contribution in [1.82, 2.24) is 5.32 Å². The highest BCUT2D eigenvalue weighted by Gasteiger charge is 2.19. The van der Waals surface area contributed by atoms with Gasteiger partial charge in [-0.05, 0) is 43.6 Å². The molecular formula is C13H19NO3S. The number of rotatable bonds is 7. The quantitative estimate of drug-likeness (QED) is 0.742. The van der Waals surface area contributed by atoms with E-state index in [1.54, 1.807) is 43.2 Å². The third-order valence-electron chi connectivity index (χ3n) is 2.43. The fraction of sp³-hybridized carbons (Fsp3) is 0.462. The van der Waals surface area contributed by atoms with Crippen molar-refractivity contribution in [2.24, 2.45) is 0 Å². The van der Waals surface area contributed by atoms with E-state index in [0.29, 0.717) is 12.2 Å². The van der Waals surface area contributed by atoms with Crippen LogP contribution >= 0.6 is 11.8 Å². The molecule has 1 heterocycles. The maximum Gasteiger partial charge on any atom is 0.244 e. The van der Waals surface area contributed by atoms with Gasteiger partial charge in [-0.1, -0.05) is 0 Å². The van der Waals surface area contributed by atoms with Crippen LogP contribution in [0.5, 0.6) is 0 Å². The predicted molar refractivity (Wildman–Crippen MR) is 74.4 cm³/mol. The molecule has 0 bridgehead atoms. The van der Waals surface area contributed by atoms with Crippen molar-refractivity contribution in [3.63, 3.8) is 0 Å². The zero-order valence-electron chi connectivity index (χ0n) is 10.7. The summed E-state index contributed by atoms with van der Waals surface area (Å²) in [6.07, 6.45) is 7.16. The summed E-state index contributed by atoms with van der Waals surface area (Å²) in [5, 5.41) is 12.6. The molecule has 0 spiro atoms. The molecule has 0 radical (unpaired) electrons. The molecule has 1 aromatic rings.